The first kappa shape index (κ1) is 12.6. The number of fused-ring (bicyclic) bond motifs is 1. The molecule has 0 radical (unpaired) electrons. The van der Waals surface area contributed by atoms with Gasteiger partial charge in [0.05, 0.1) is 13.3 Å². The van der Waals surface area contributed by atoms with Gasteiger partial charge in [0.15, 0.2) is 5.82 Å². The maximum absolute atomic E-state index is 5.24. The number of ether oxygens (including phenoxy) is 1. The van der Waals surface area contributed by atoms with Gasteiger partial charge in [-0.25, -0.2) is 4.98 Å². The summed E-state index contributed by atoms with van der Waals surface area (Å²) in [5.74, 6) is 1.68. The molecule has 2 heterocycles. The lowest BCUT2D eigenvalue weighted by atomic mass is 10.2. The predicted molar refractivity (Wildman–Crippen MR) is 76.6 cm³/mol. The Morgan fingerprint density at radius 2 is 2.15 bits per heavy atom. The van der Waals surface area contributed by atoms with Crippen LogP contribution in [0.1, 0.15) is 12.2 Å². The van der Waals surface area contributed by atoms with Crippen LogP contribution < -0.4 is 4.74 Å². The van der Waals surface area contributed by atoms with Gasteiger partial charge in [0.1, 0.15) is 5.75 Å². The molecule has 102 valence electrons. The minimum absolute atomic E-state index is 0.797. The molecule has 0 fully saturated rings. The quantitative estimate of drug-likeness (QED) is 0.713. The van der Waals surface area contributed by atoms with E-state index in [0.29, 0.717) is 0 Å². The van der Waals surface area contributed by atoms with Gasteiger partial charge in [0.25, 0.3) is 0 Å². The number of aromatic nitrogens is 4. The van der Waals surface area contributed by atoms with Crippen LogP contribution in [0, 0.1) is 0 Å². The number of aryl methyl sites for hydroxylation is 2. The van der Waals surface area contributed by atoms with E-state index in [-0.39, 0.29) is 0 Å². The topological polar surface area (TPSA) is 52.8 Å². The molecule has 0 saturated carbocycles. The van der Waals surface area contributed by atoms with Crippen molar-refractivity contribution in [3.63, 3.8) is 0 Å². The lowest BCUT2D eigenvalue weighted by molar-refractivity contribution is 0.415. The van der Waals surface area contributed by atoms with Gasteiger partial charge in [-0.05, 0) is 30.7 Å². The number of nitrogens with zero attached hydrogens (tertiary/aromatic N) is 4. The van der Waals surface area contributed by atoms with Gasteiger partial charge in [0.2, 0.25) is 0 Å². The normalized spacial score (nSPS) is 10.8. The lowest BCUT2D eigenvalue weighted by Crippen LogP contribution is -2.01. The van der Waals surface area contributed by atoms with Crippen molar-refractivity contribution in [1.29, 1.82) is 0 Å². The molecular weight excluding hydrogens is 252 g/mol. The highest BCUT2D eigenvalue weighted by atomic mass is 16.5. The molecule has 2 aromatic heterocycles. The summed E-state index contributed by atoms with van der Waals surface area (Å²) < 4.78 is 7.48. The van der Waals surface area contributed by atoms with Crippen LogP contribution in [0.5, 0.6) is 5.75 Å². The number of rotatable bonds is 5. The SMILES string of the molecule is COc1ccc2c(ccn2CCCc2nccnn2)c1. The summed E-state index contributed by atoms with van der Waals surface area (Å²) in [5.41, 5.74) is 1.22. The van der Waals surface area contributed by atoms with Crippen molar-refractivity contribution >= 4 is 10.9 Å². The average Bonchev–Trinajstić information content (AvgIpc) is 2.91. The van der Waals surface area contributed by atoms with E-state index in [2.05, 4.69) is 44.1 Å². The van der Waals surface area contributed by atoms with Crippen LogP contribution in [-0.2, 0) is 13.0 Å². The van der Waals surface area contributed by atoms with E-state index in [4.69, 9.17) is 4.74 Å². The molecule has 0 saturated heterocycles. The van der Waals surface area contributed by atoms with Crippen molar-refractivity contribution in [2.45, 2.75) is 19.4 Å². The minimum Gasteiger partial charge on any atom is -0.497 e. The molecule has 0 bridgehead atoms. The Morgan fingerprint density at radius 1 is 1.20 bits per heavy atom. The lowest BCUT2D eigenvalue weighted by Gasteiger charge is -2.05. The zero-order chi connectivity index (χ0) is 13.8. The monoisotopic (exact) mass is 268 g/mol. The van der Waals surface area contributed by atoms with Crippen LogP contribution >= 0.6 is 0 Å². The van der Waals surface area contributed by atoms with Crippen LogP contribution in [0.15, 0.2) is 42.9 Å². The molecular formula is C15H16N4O. The highest BCUT2D eigenvalue weighted by molar-refractivity contribution is 5.81. The van der Waals surface area contributed by atoms with Crippen molar-refractivity contribution in [3.05, 3.63) is 48.7 Å². The van der Waals surface area contributed by atoms with Crippen molar-refractivity contribution in [2.24, 2.45) is 0 Å². The summed E-state index contributed by atoms with van der Waals surface area (Å²) in [6.45, 7) is 0.939. The van der Waals surface area contributed by atoms with Gasteiger partial charge in [-0.2, -0.15) is 5.10 Å². The van der Waals surface area contributed by atoms with Crippen LogP contribution in [0.25, 0.3) is 10.9 Å². The maximum Gasteiger partial charge on any atom is 0.150 e. The molecule has 0 unspecified atom stereocenters. The molecule has 0 aliphatic carbocycles. The fourth-order valence-corrected chi connectivity index (χ4v) is 2.30. The second kappa shape index (κ2) is 5.69. The van der Waals surface area contributed by atoms with E-state index in [1.54, 1.807) is 19.5 Å². The van der Waals surface area contributed by atoms with Crippen molar-refractivity contribution in [3.8, 4) is 5.75 Å². The molecule has 0 atom stereocenters. The number of methoxy groups -OCH3 is 1. The molecule has 20 heavy (non-hydrogen) atoms. The zero-order valence-electron chi connectivity index (χ0n) is 11.4. The third kappa shape index (κ3) is 2.61. The van der Waals surface area contributed by atoms with Crippen molar-refractivity contribution in [1.82, 2.24) is 19.7 Å². The van der Waals surface area contributed by atoms with Gasteiger partial charge in [-0.15, -0.1) is 5.10 Å². The zero-order valence-corrected chi connectivity index (χ0v) is 11.4. The van der Waals surface area contributed by atoms with E-state index in [1.807, 2.05) is 6.07 Å². The molecule has 3 rings (SSSR count). The standard InChI is InChI=1S/C15H16N4O/c1-20-13-4-5-14-12(11-13)6-10-19(14)9-2-3-15-16-7-8-17-18-15/h4-8,10-11H,2-3,9H2,1H3. The van der Waals surface area contributed by atoms with E-state index in [0.717, 1.165) is 31.0 Å². The first-order valence-electron chi connectivity index (χ1n) is 6.62. The Kier molecular flexibility index (Phi) is 3.58. The first-order valence-corrected chi connectivity index (χ1v) is 6.62. The fourth-order valence-electron chi connectivity index (χ4n) is 2.30. The van der Waals surface area contributed by atoms with Gasteiger partial charge in [0, 0.05) is 36.3 Å². The Morgan fingerprint density at radius 3 is 2.95 bits per heavy atom. The second-order valence-electron chi connectivity index (χ2n) is 4.60. The summed E-state index contributed by atoms with van der Waals surface area (Å²) in [5, 5.41) is 9.03. The molecule has 5 nitrogen and oxygen atoms in total. The van der Waals surface area contributed by atoms with Crippen molar-refractivity contribution < 1.29 is 4.74 Å². The molecule has 0 aliphatic heterocycles. The van der Waals surface area contributed by atoms with Gasteiger partial charge < -0.3 is 9.30 Å². The molecule has 0 aliphatic rings. The largest absolute Gasteiger partial charge is 0.497 e. The first-order chi connectivity index (χ1) is 9.86. The third-order valence-electron chi connectivity index (χ3n) is 3.31. The van der Waals surface area contributed by atoms with Crippen LogP contribution in [0.4, 0.5) is 0 Å². The van der Waals surface area contributed by atoms with Crippen LogP contribution in [0.2, 0.25) is 0 Å². The summed E-state index contributed by atoms with van der Waals surface area (Å²) in [6.07, 6.45) is 7.20. The van der Waals surface area contributed by atoms with Crippen molar-refractivity contribution in [2.75, 3.05) is 7.11 Å². The van der Waals surface area contributed by atoms with E-state index in [9.17, 15) is 0 Å². The Labute approximate surface area is 117 Å². The molecule has 1 aromatic carbocycles. The molecule has 5 heteroatoms. The Hall–Kier alpha value is -2.43. The average molecular weight is 268 g/mol. The van der Waals surface area contributed by atoms with Crippen LogP contribution in [0.3, 0.4) is 0 Å². The Balaban J connectivity index is 1.69. The van der Waals surface area contributed by atoms with E-state index < -0.39 is 0 Å². The second-order valence-corrected chi connectivity index (χ2v) is 4.60. The third-order valence-corrected chi connectivity index (χ3v) is 3.31. The number of hydrogen-bond donors (Lipinski definition) is 0. The smallest absolute Gasteiger partial charge is 0.150 e. The molecule has 0 amide bonds. The maximum atomic E-state index is 5.24. The molecule has 0 spiro atoms. The number of benzene rings is 1. The highest BCUT2D eigenvalue weighted by Crippen LogP contribution is 2.22. The van der Waals surface area contributed by atoms with Crippen LogP contribution in [-0.4, -0.2) is 26.9 Å². The number of hydrogen-bond acceptors (Lipinski definition) is 4. The van der Waals surface area contributed by atoms with Gasteiger partial charge >= 0.3 is 0 Å². The predicted octanol–water partition coefficient (Wildman–Crippen LogP) is 2.47. The fraction of sp³-hybridized carbons (Fsp3) is 0.267. The Bertz CT molecular complexity index is 693. The summed E-state index contributed by atoms with van der Waals surface area (Å²) in [4.78, 5) is 4.18. The summed E-state index contributed by atoms with van der Waals surface area (Å²) >= 11 is 0. The minimum atomic E-state index is 0.797. The van der Waals surface area contributed by atoms with E-state index in [1.165, 1.54) is 10.9 Å². The summed E-state index contributed by atoms with van der Waals surface area (Å²) in [6, 6.07) is 8.24. The van der Waals surface area contributed by atoms with E-state index >= 15 is 0 Å². The molecule has 0 N–H and O–H groups in total. The highest BCUT2D eigenvalue weighted by Gasteiger charge is 2.03. The van der Waals surface area contributed by atoms with Gasteiger partial charge in [-0.1, -0.05) is 0 Å². The summed E-state index contributed by atoms with van der Waals surface area (Å²) in [7, 11) is 1.69. The van der Waals surface area contributed by atoms with Gasteiger partial charge in [-0.3, -0.25) is 0 Å². The molecule has 3 aromatic rings.